The van der Waals surface area contributed by atoms with Crippen molar-refractivity contribution in [2.75, 3.05) is 24.6 Å². The number of nitrogens with zero attached hydrogens (tertiary/aromatic N) is 7. The van der Waals surface area contributed by atoms with Crippen molar-refractivity contribution < 1.29 is 17.9 Å². The van der Waals surface area contributed by atoms with Crippen LogP contribution >= 0.6 is 0 Å². The van der Waals surface area contributed by atoms with Crippen LogP contribution in [0.5, 0.6) is 0 Å². The van der Waals surface area contributed by atoms with Crippen molar-refractivity contribution in [2.45, 2.75) is 51.8 Å². The van der Waals surface area contributed by atoms with Crippen LogP contribution in [0.25, 0.3) is 11.2 Å². The molecule has 0 radical (unpaired) electrons. The Labute approximate surface area is 188 Å². The second-order valence-corrected chi connectivity index (χ2v) is 8.82. The lowest BCUT2D eigenvalue weighted by Crippen LogP contribution is -2.40. The molecule has 2 aliphatic rings. The second kappa shape index (κ2) is 8.12. The van der Waals surface area contributed by atoms with E-state index in [1.54, 1.807) is 6.20 Å². The van der Waals surface area contributed by atoms with E-state index in [1.165, 1.54) is 0 Å². The van der Waals surface area contributed by atoms with Crippen LogP contribution in [-0.4, -0.2) is 56.0 Å². The van der Waals surface area contributed by atoms with Crippen molar-refractivity contribution in [3.05, 3.63) is 40.6 Å². The third kappa shape index (κ3) is 4.21. The van der Waals surface area contributed by atoms with Crippen LogP contribution in [0.15, 0.2) is 12.3 Å². The first-order valence-corrected chi connectivity index (χ1v) is 10.9. The summed E-state index contributed by atoms with van der Waals surface area (Å²) in [5, 5.41) is 8.00. The molecule has 1 aliphatic heterocycles. The molecule has 0 aromatic carbocycles. The molecule has 0 spiro atoms. The van der Waals surface area contributed by atoms with Crippen LogP contribution in [0.3, 0.4) is 0 Å². The van der Waals surface area contributed by atoms with Crippen molar-refractivity contribution in [3.63, 3.8) is 0 Å². The zero-order chi connectivity index (χ0) is 23.3. The van der Waals surface area contributed by atoms with Gasteiger partial charge in [0.05, 0.1) is 48.0 Å². The SMILES string of the molecule is Cc1cc([C@@H]2CN(c3nc4nc(C)c(C)nc4c([C@H]4C[C@H](C(F)(F)F)C4)n3)CCO2)cnn1. The Hall–Kier alpha value is -2.95. The molecule has 0 amide bonds. The first kappa shape index (κ1) is 21.9. The van der Waals surface area contributed by atoms with Gasteiger partial charge in [0.25, 0.3) is 0 Å². The molecule has 0 bridgehead atoms. The summed E-state index contributed by atoms with van der Waals surface area (Å²) in [7, 11) is 0. The molecule has 1 saturated carbocycles. The van der Waals surface area contributed by atoms with Crippen LogP contribution in [-0.2, 0) is 4.74 Å². The highest BCUT2D eigenvalue weighted by atomic mass is 19.4. The average molecular weight is 459 g/mol. The van der Waals surface area contributed by atoms with Crippen molar-refractivity contribution in [2.24, 2.45) is 5.92 Å². The van der Waals surface area contributed by atoms with E-state index in [-0.39, 0.29) is 24.9 Å². The molecular weight excluding hydrogens is 435 g/mol. The molecule has 0 N–H and O–H groups in total. The Balaban J connectivity index is 1.50. The first-order chi connectivity index (χ1) is 15.7. The molecule has 33 heavy (non-hydrogen) atoms. The van der Waals surface area contributed by atoms with Crippen molar-refractivity contribution in [3.8, 4) is 0 Å². The lowest BCUT2D eigenvalue weighted by Gasteiger charge is -2.37. The molecule has 1 atom stereocenters. The summed E-state index contributed by atoms with van der Waals surface area (Å²) in [6.45, 7) is 7.05. The van der Waals surface area contributed by atoms with Gasteiger partial charge >= 0.3 is 6.18 Å². The van der Waals surface area contributed by atoms with E-state index in [4.69, 9.17) is 9.72 Å². The van der Waals surface area contributed by atoms with E-state index in [0.29, 0.717) is 42.5 Å². The Kier molecular flexibility index (Phi) is 5.38. The van der Waals surface area contributed by atoms with Gasteiger partial charge in [0.2, 0.25) is 5.95 Å². The quantitative estimate of drug-likeness (QED) is 0.585. The highest BCUT2D eigenvalue weighted by Gasteiger charge is 2.49. The van der Waals surface area contributed by atoms with E-state index in [9.17, 15) is 13.2 Å². The van der Waals surface area contributed by atoms with E-state index >= 15 is 0 Å². The third-order valence-corrected chi connectivity index (χ3v) is 6.46. The number of fused-ring (bicyclic) bond motifs is 1. The number of anilines is 1. The monoisotopic (exact) mass is 459 g/mol. The smallest absolute Gasteiger partial charge is 0.370 e. The summed E-state index contributed by atoms with van der Waals surface area (Å²) in [6, 6.07) is 1.93. The molecule has 1 saturated heterocycles. The molecule has 0 unspecified atom stereocenters. The predicted octanol–water partition coefficient (Wildman–Crippen LogP) is 3.77. The maximum atomic E-state index is 13.1. The van der Waals surface area contributed by atoms with Crippen LogP contribution in [0.4, 0.5) is 19.1 Å². The highest BCUT2D eigenvalue weighted by Crippen LogP contribution is 2.50. The summed E-state index contributed by atoms with van der Waals surface area (Å²) in [5.74, 6) is -1.18. The molecule has 8 nitrogen and oxygen atoms in total. The van der Waals surface area contributed by atoms with Gasteiger partial charge in [0.15, 0.2) is 5.65 Å². The van der Waals surface area contributed by atoms with E-state index < -0.39 is 12.1 Å². The minimum Gasteiger partial charge on any atom is -0.370 e. The molecule has 3 aromatic rings. The van der Waals surface area contributed by atoms with Crippen LogP contribution in [0, 0.1) is 26.7 Å². The third-order valence-electron chi connectivity index (χ3n) is 6.46. The first-order valence-electron chi connectivity index (χ1n) is 10.9. The zero-order valence-electron chi connectivity index (χ0n) is 18.6. The molecule has 1 aliphatic carbocycles. The Bertz CT molecular complexity index is 1200. The van der Waals surface area contributed by atoms with Crippen molar-refractivity contribution in [1.29, 1.82) is 0 Å². The van der Waals surface area contributed by atoms with Gasteiger partial charge in [-0.05, 0) is 39.7 Å². The molecule has 4 heterocycles. The second-order valence-electron chi connectivity index (χ2n) is 8.82. The lowest BCUT2D eigenvalue weighted by atomic mass is 9.72. The summed E-state index contributed by atoms with van der Waals surface area (Å²) in [4.78, 5) is 20.6. The average Bonchev–Trinajstić information content (AvgIpc) is 2.73. The minimum absolute atomic E-state index is 0.0113. The summed E-state index contributed by atoms with van der Waals surface area (Å²) in [5.41, 5.74) is 4.62. The summed E-state index contributed by atoms with van der Waals surface area (Å²) >= 11 is 0. The predicted molar refractivity (Wildman–Crippen MR) is 114 cm³/mol. The fraction of sp³-hybridized carbons (Fsp3) is 0.545. The highest BCUT2D eigenvalue weighted by molar-refractivity contribution is 5.75. The molecule has 5 rings (SSSR count). The summed E-state index contributed by atoms with van der Waals surface area (Å²) < 4.78 is 45.3. The van der Waals surface area contributed by atoms with Gasteiger partial charge in [-0.25, -0.2) is 15.0 Å². The van der Waals surface area contributed by atoms with Crippen LogP contribution in [0.2, 0.25) is 0 Å². The van der Waals surface area contributed by atoms with E-state index in [2.05, 4.69) is 25.1 Å². The molecule has 3 aromatic heterocycles. The fourth-order valence-corrected chi connectivity index (χ4v) is 4.36. The van der Waals surface area contributed by atoms with Crippen LogP contribution < -0.4 is 4.90 Å². The normalized spacial score (nSPS) is 23.6. The largest absolute Gasteiger partial charge is 0.391 e. The minimum atomic E-state index is -4.19. The van der Waals surface area contributed by atoms with Gasteiger partial charge in [0, 0.05) is 18.0 Å². The molecular formula is C22H24F3N7O. The number of morpholine rings is 1. The maximum absolute atomic E-state index is 13.1. The Morgan fingerprint density at radius 1 is 1.03 bits per heavy atom. The number of alkyl halides is 3. The zero-order valence-corrected chi connectivity index (χ0v) is 18.6. The number of aryl methyl sites for hydroxylation is 3. The molecule has 11 heteroatoms. The van der Waals surface area contributed by atoms with E-state index in [1.807, 2.05) is 31.7 Å². The van der Waals surface area contributed by atoms with Gasteiger partial charge < -0.3 is 9.64 Å². The topological polar surface area (TPSA) is 89.8 Å². The number of ether oxygens (including phenoxy) is 1. The van der Waals surface area contributed by atoms with Crippen molar-refractivity contribution in [1.82, 2.24) is 30.1 Å². The number of rotatable bonds is 3. The van der Waals surface area contributed by atoms with E-state index in [0.717, 1.165) is 22.6 Å². The number of aromatic nitrogens is 6. The van der Waals surface area contributed by atoms with Crippen LogP contribution in [0.1, 0.15) is 53.2 Å². The van der Waals surface area contributed by atoms with Gasteiger partial charge in [-0.3, -0.25) is 0 Å². The van der Waals surface area contributed by atoms with Gasteiger partial charge in [-0.1, -0.05) is 0 Å². The fourth-order valence-electron chi connectivity index (χ4n) is 4.36. The number of hydrogen-bond acceptors (Lipinski definition) is 8. The standard InChI is InChI=1S/C22H24F3N7O/c1-11-6-15(9-26-31-11)17-10-32(4-5-33-17)21-29-18(14-7-16(8-14)22(23,24)25)19-20(30-21)28-13(3)12(2)27-19/h6,9,14,16-17H,4-5,7-8,10H2,1-3H3/t14-,16-,17-/m0/s1. The summed E-state index contributed by atoms with van der Waals surface area (Å²) in [6.07, 6.45) is -2.72. The number of hydrogen-bond donors (Lipinski definition) is 0. The molecule has 174 valence electrons. The number of halogens is 3. The van der Waals surface area contributed by atoms with Gasteiger partial charge in [-0.2, -0.15) is 28.4 Å². The Morgan fingerprint density at radius 3 is 2.52 bits per heavy atom. The molecule has 2 fully saturated rings. The lowest BCUT2D eigenvalue weighted by molar-refractivity contribution is -0.197. The maximum Gasteiger partial charge on any atom is 0.391 e. The van der Waals surface area contributed by atoms with Crippen molar-refractivity contribution >= 4 is 17.1 Å². The van der Waals surface area contributed by atoms with Gasteiger partial charge in [0.1, 0.15) is 11.6 Å². The Morgan fingerprint density at radius 2 is 1.79 bits per heavy atom. The van der Waals surface area contributed by atoms with Gasteiger partial charge in [-0.15, -0.1) is 0 Å².